The normalized spacial score (nSPS) is 12.3. The molecule has 0 saturated carbocycles. The van der Waals surface area contributed by atoms with Gasteiger partial charge in [0, 0.05) is 5.69 Å². The van der Waals surface area contributed by atoms with Crippen LogP contribution in [0.15, 0.2) is 6.07 Å². The van der Waals surface area contributed by atoms with E-state index in [9.17, 15) is 26.3 Å². The summed E-state index contributed by atoms with van der Waals surface area (Å²) in [5.41, 5.74) is -3.87. The van der Waals surface area contributed by atoms with Crippen molar-refractivity contribution in [2.24, 2.45) is 0 Å². The van der Waals surface area contributed by atoms with E-state index in [0.29, 0.717) is 6.07 Å². The lowest BCUT2D eigenvalue weighted by molar-refractivity contribution is -0.143. The molecule has 1 nitrogen and oxygen atoms in total. The lowest BCUT2D eigenvalue weighted by Crippen LogP contribution is -2.15. The zero-order valence-electron chi connectivity index (χ0n) is 7.37. The van der Waals surface area contributed by atoms with Crippen molar-refractivity contribution in [1.29, 1.82) is 0 Å². The van der Waals surface area contributed by atoms with Crippen LogP contribution in [0.1, 0.15) is 23.4 Å². The number of halogens is 6. The Morgan fingerprint density at radius 2 is 1.80 bits per heavy atom. The monoisotopic (exact) mass is 229 g/mol. The molecule has 0 aliphatic rings. The third-order valence-corrected chi connectivity index (χ3v) is 1.62. The average Bonchev–Trinajstić information content (AvgIpc) is 1.99. The maximum atomic E-state index is 12.9. The lowest BCUT2D eigenvalue weighted by Gasteiger charge is -2.12. The van der Waals surface area contributed by atoms with Gasteiger partial charge >= 0.3 is 6.18 Å². The number of aryl methyl sites for hydroxylation is 1. The number of hydrogen-bond donors (Lipinski definition) is 0. The Labute approximate surface area is 80.7 Å². The minimum Gasteiger partial charge on any atom is -0.248 e. The molecular weight excluding hydrogens is 224 g/mol. The molecule has 0 bridgehead atoms. The zero-order chi connectivity index (χ0) is 11.8. The van der Waals surface area contributed by atoms with Crippen molar-refractivity contribution in [2.75, 3.05) is 0 Å². The standard InChI is InChI=1S/C8H5F6N/c1-3-2-4(9)5(7(10)11)6(15-3)8(12,13)14/h2,7H,1H3. The van der Waals surface area contributed by atoms with Crippen LogP contribution in [0.25, 0.3) is 0 Å². The van der Waals surface area contributed by atoms with Crippen molar-refractivity contribution < 1.29 is 26.3 Å². The number of pyridine rings is 1. The molecule has 0 amide bonds. The van der Waals surface area contributed by atoms with Crippen molar-refractivity contribution in [3.63, 3.8) is 0 Å². The largest absolute Gasteiger partial charge is 0.433 e. The molecule has 15 heavy (non-hydrogen) atoms. The van der Waals surface area contributed by atoms with E-state index >= 15 is 0 Å². The molecule has 0 radical (unpaired) electrons. The number of hydrogen-bond acceptors (Lipinski definition) is 1. The highest BCUT2D eigenvalue weighted by molar-refractivity contribution is 5.28. The Balaban J connectivity index is 3.47. The quantitative estimate of drug-likeness (QED) is 0.671. The molecular formula is C8H5F6N. The Bertz CT molecular complexity index is 370. The van der Waals surface area contributed by atoms with Crippen LogP contribution in [-0.2, 0) is 6.18 Å². The smallest absolute Gasteiger partial charge is 0.248 e. The van der Waals surface area contributed by atoms with Gasteiger partial charge in [-0.25, -0.2) is 18.2 Å². The molecule has 1 rings (SSSR count). The molecule has 0 N–H and O–H groups in total. The molecule has 7 heteroatoms. The van der Waals surface area contributed by atoms with Gasteiger partial charge in [-0.05, 0) is 13.0 Å². The van der Waals surface area contributed by atoms with Gasteiger partial charge in [0.2, 0.25) is 0 Å². The average molecular weight is 229 g/mol. The molecule has 1 aromatic heterocycles. The van der Waals surface area contributed by atoms with E-state index in [1.807, 2.05) is 0 Å². The van der Waals surface area contributed by atoms with Gasteiger partial charge in [-0.3, -0.25) is 0 Å². The van der Waals surface area contributed by atoms with Crippen molar-refractivity contribution >= 4 is 0 Å². The summed E-state index contributed by atoms with van der Waals surface area (Å²) in [6.45, 7) is 1.09. The molecule has 0 atom stereocenters. The molecule has 0 aromatic carbocycles. The van der Waals surface area contributed by atoms with Gasteiger partial charge in [0.1, 0.15) is 5.82 Å². The van der Waals surface area contributed by atoms with E-state index in [2.05, 4.69) is 4.98 Å². The highest BCUT2D eigenvalue weighted by Gasteiger charge is 2.39. The van der Waals surface area contributed by atoms with Crippen LogP contribution in [0.2, 0.25) is 0 Å². The second kappa shape index (κ2) is 3.71. The molecule has 1 aromatic rings. The molecule has 1 heterocycles. The molecule has 0 aliphatic carbocycles. The zero-order valence-corrected chi connectivity index (χ0v) is 7.37. The van der Waals surface area contributed by atoms with Crippen LogP contribution in [0.5, 0.6) is 0 Å². The summed E-state index contributed by atoms with van der Waals surface area (Å²) in [5.74, 6) is -1.59. The SMILES string of the molecule is Cc1cc(F)c(C(F)F)c(C(F)(F)F)n1. The van der Waals surface area contributed by atoms with Crippen molar-refractivity contribution in [3.8, 4) is 0 Å². The molecule has 0 aliphatic heterocycles. The number of alkyl halides is 5. The molecule has 0 saturated heterocycles. The lowest BCUT2D eigenvalue weighted by atomic mass is 10.1. The van der Waals surface area contributed by atoms with Crippen LogP contribution in [-0.4, -0.2) is 4.98 Å². The van der Waals surface area contributed by atoms with E-state index in [4.69, 9.17) is 0 Å². The first-order valence-corrected chi connectivity index (χ1v) is 3.76. The summed E-state index contributed by atoms with van der Waals surface area (Å²) in [6, 6.07) is 0.538. The van der Waals surface area contributed by atoms with Crippen molar-refractivity contribution in [3.05, 3.63) is 28.8 Å². The highest BCUT2D eigenvalue weighted by atomic mass is 19.4. The van der Waals surface area contributed by atoms with Crippen LogP contribution in [0.4, 0.5) is 26.3 Å². The van der Waals surface area contributed by atoms with Gasteiger partial charge in [0.25, 0.3) is 6.43 Å². The fourth-order valence-corrected chi connectivity index (χ4v) is 1.07. The van der Waals surface area contributed by atoms with E-state index in [1.54, 1.807) is 0 Å². The first-order valence-electron chi connectivity index (χ1n) is 3.76. The van der Waals surface area contributed by atoms with Crippen LogP contribution >= 0.6 is 0 Å². The predicted molar refractivity (Wildman–Crippen MR) is 38.9 cm³/mol. The maximum Gasteiger partial charge on any atom is 0.433 e. The number of nitrogens with zero attached hydrogens (tertiary/aromatic N) is 1. The van der Waals surface area contributed by atoms with E-state index in [-0.39, 0.29) is 5.69 Å². The van der Waals surface area contributed by atoms with Gasteiger partial charge in [-0.15, -0.1) is 0 Å². The summed E-state index contributed by atoms with van der Waals surface area (Å²) >= 11 is 0. The Morgan fingerprint density at radius 3 is 2.20 bits per heavy atom. The number of aromatic nitrogens is 1. The van der Waals surface area contributed by atoms with Crippen molar-refractivity contribution in [2.45, 2.75) is 19.5 Å². The summed E-state index contributed by atoms with van der Waals surface area (Å²) in [6.07, 6.45) is -8.63. The minimum absolute atomic E-state index is 0.302. The molecule has 84 valence electrons. The molecule has 0 spiro atoms. The maximum absolute atomic E-state index is 12.9. The van der Waals surface area contributed by atoms with Gasteiger partial charge in [0.15, 0.2) is 5.69 Å². The highest BCUT2D eigenvalue weighted by Crippen LogP contribution is 2.36. The molecule has 0 fully saturated rings. The van der Waals surface area contributed by atoms with E-state index in [1.165, 1.54) is 0 Å². The summed E-state index contributed by atoms with van der Waals surface area (Å²) in [5, 5.41) is 0. The van der Waals surface area contributed by atoms with E-state index < -0.39 is 29.7 Å². The first kappa shape index (κ1) is 11.8. The summed E-state index contributed by atoms with van der Waals surface area (Å²) in [4.78, 5) is 2.88. The predicted octanol–water partition coefficient (Wildman–Crippen LogP) is 3.49. The van der Waals surface area contributed by atoms with Gasteiger partial charge < -0.3 is 0 Å². The van der Waals surface area contributed by atoms with Crippen molar-refractivity contribution in [1.82, 2.24) is 4.98 Å². The minimum atomic E-state index is -5.08. The van der Waals surface area contributed by atoms with Gasteiger partial charge in [-0.1, -0.05) is 0 Å². The topological polar surface area (TPSA) is 12.9 Å². The summed E-state index contributed by atoms with van der Waals surface area (Å²) < 4.78 is 73.8. The first-order chi connectivity index (χ1) is 6.73. The van der Waals surface area contributed by atoms with Crippen LogP contribution in [0.3, 0.4) is 0 Å². The number of rotatable bonds is 1. The van der Waals surface area contributed by atoms with Crippen LogP contribution < -0.4 is 0 Å². The fraction of sp³-hybridized carbons (Fsp3) is 0.375. The van der Waals surface area contributed by atoms with Crippen LogP contribution in [0, 0.1) is 12.7 Å². The Hall–Kier alpha value is -1.27. The fourth-order valence-electron chi connectivity index (χ4n) is 1.07. The third-order valence-electron chi connectivity index (χ3n) is 1.62. The third kappa shape index (κ3) is 2.40. The van der Waals surface area contributed by atoms with Gasteiger partial charge in [-0.2, -0.15) is 13.2 Å². The Kier molecular flexibility index (Phi) is 2.92. The second-order valence-corrected chi connectivity index (χ2v) is 2.81. The van der Waals surface area contributed by atoms with E-state index in [0.717, 1.165) is 6.92 Å². The summed E-state index contributed by atoms with van der Waals surface area (Å²) in [7, 11) is 0. The Morgan fingerprint density at radius 1 is 1.27 bits per heavy atom. The molecule has 0 unspecified atom stereocenters. The van der Waals surface area contributed by atoms with Gasteiger partial charge in [0.05, 0.1) is 5.56 Å². The second-order valence-electron chi connectivity index (χ2n) is 2.81.